The van der Waals surface area contributed by atoms with Crippen LogP contribution in [0.15, 0.2) is 215 Å². The predicted molar refractivity (Wildman–Crippen MR) is 296 cm³/mol. The summed E-state index contributed by atoms with van der Waals surface area (Å²) in [6.45, 7) is 0. The van der Waals surface area contributed by atoms with E-state index in [-0.39, 0.29) is 30.3 Å². The van der Waals surface area contributed by atoms with Gasteiger partial charge in [0.2, 0.25) is 0 Å². The number of amidine groups is 1. The summed E-state index contributed by atoms with van der Waals surface area (Å²) in [5, 5.41) is 10.7. The molecular weight excluding hydrogens is 877 g/mol. The van der Waals surface area contributed by atoms with Gasteiger partial charge in [-0.1, -0.05) is 182 Å². The number of hydrogen-bond donors (Lipinski definition) is 2. The van der Waals surface area contributed by atoms with E-state index in [1.165, 1.54) is 94.1 Å². The van der Waals surface area contributed by atoms with Gasteiger partial charge in [-0.05, 0) is 122 Å². The summed E-state index contributed by atoms with van der Waals surface area (Å²) >= 11 is 0. The van der Waals surface area contributed by atoms with Gasteiger partial charge < -0.3 is 15.0 Å². The van der Waals surface area contributed by atoms with Crippen LogP contribution in [-0.2, 0) is 0 Å². The Morgan fingerprint density at radius 1 is 0.639 bits per heavy atom. The first-order chi connectivity index (χ1) is 35.7. The third-order valence-electron chi connectivity index (χ3n) is 18.4. The molecule has 362 valence electrons. The summed E-state index contributed by atoms with van der Waals surface area (Å²) in [4.78, 5) is 8.26. The Kier molecular flexibility index (Phi) is 11.6. The van der Waals surface area contributed by atoms with Gasteiger partial charge in [0.25, 0.3) is 0 Å². The molecule has 12 atom stereocenters. The third kappa shape index (κ3) is 7.98. The second-order valence-corrected chi connectivity index (χ2v) is 22.4. The van der Waals surface area contributed by atoms with Crippen molar-refractivity contribution in [2.24, 2.45) is 40.5 Å². The molecule has 14 rings (SSSR count). The number of nitrogens with one attached hydrogen (secondary N) is 2. The number of ether oxygens (including phenoxy) is 1. The first-order valence-corrected chi connectivity index (χ1v) is 27.8. The largest absolute Gasteiger partial charge is 0.484 e. The van der Waals surface area contributed by atoms with Gasteiger partial charge in [0.1, 0.15) is 23.9 Å². The maximum Gasteiger partial charge on any atom is 0.132 e. The molecular formula is C67H68N4O. The van der Waals surface area contributed by atoms with Crippen molar-refractivity contribution in [3.63, 3.8) is 0 Å². The first-order valence-electron chi connectivity index (χ1n) is 27.8. The van der Waals surface area contributed by atoms with E-state index in [2.05, 4.69) is 198 Å². The molecule has 5 nitrogen and oxygen atoms in total. The SMILES string of the molecule is C1=CCC(C2=CCC(C3N=C(C4C=CC(c5ccccc5)=CC4)NC(C4C=CC(C5=CC=CC6Oc7c(cc([C@@H]8C=CC(N9C%10=C(CCC=C%10)C%10CCCCC%109)=CC8)c8ccccc78)C56)CC4)N3)C=C2)C=C1. The Morgan fingerprint density at radius 3 is 2.35 bits per heavy atom. The van der Waals surface area contributed by atoms with Crippen LogP contribution >= 0.6 is 0 Å². The molecule has 3 aromatic carbocycles. The molecule has 11 aliphatic rings. The zero-order chi connectivity index (χ0) is 47.5. The number of rotatable bonds is 8. The van der Waals surface area contributed by atoms with Crippen LogP contribution in [0.25, 0.3) is 16.3 Å². The Morgan fingerprint density at radius 2 is 1.53 bits per heavy atom. The highest BCUT2D eigenvalue weighted by Gasteiger charge is 2.44. The van der Waals surface area contributed by atoms with Crippen molar-refractivity contribution in [2.45, 2.75) is 113 Å². The third-order valence-corrected chi connectivity index (χ3v) is 18.4. The van der Waals surface area contributed by atoms with Crippen molar-refractivity contribution in [3.8, 4) is 5.75 Å². The highest BCUT2D eigenvalue weighted by Crippen LogP contribution is 2.54. The van der Waals surface area contributed by atoms with Crippen molar-refractivity contribution in [1.29, 1.82) is 0 Å². The summed E-state index contributed by atoms with van der Waals surface area (Å²) < 4.78 is 7.04. The minimum atomic E-state index is 0.00715. The molecule has 0 saturated heterocycles. The van der Waals surface area contributed by atoms with E-state index >= 15 is 0 Å². The zero-order valence-corrected chi connectivity index (χ0v) is 41.5. The van der Waals surface area contributed by atoms with Crippen LogP contribution < -0.4 is 15.4 Å². The minimum Gasteiger partial charge on any atom is -0.484 e. The Balaban J connectivity index is 0.713. The number of benzene rings is 3. The summed E-state index contributed by atoms with van der Waals surface area (Å²) in [5.74, 6) is 5.14. The zero-order valence-electron chi connectivity index (χ0n) is 41.5. The lowest BCUT2D eigenvalue weighted by atomic mass is 9.73. The molecule has 1 fully saturated rings. The van der Waals surface area contributed by atoms with Crippen molar-refractivity contribution < 1.29 is 4.74 Å². The van der Waals surface area contributed by atoms with Gasteiger partial charge in [0.15, 0.2) is 0 Å². The molecule has 0 spiro atoms. The minimum absolute atomic E-state index is 0.00715. The van der Waals surface area contributed by atoms with Crippen molar-refractivity contribution >= 4 is 22.2 Å². The second kappa shape index (κ2) is 18.9. The number of allylic oxidation sites excluding steroid dienone is 18. The fourth-order valence-electron chi connectivity index (χ4n) is 14.7. The first kappa shape index (κ1) is 44.3. The Bertz CT molecular complexity index is 3110. The molecule has 0 bridgehead atoms. The summed E-state index contributed by atoms with van der Waals surface area (Å²) in [7, 11) is 0. The summed E-state index contributed by atoms with van der Waals surface area (Å²) in [5.41, 5.74) is 13.0. The lowest BCUT2D eigenvalue weighted by Crippen LogP contribution is -2.60. The van der Waals surface area contributed by atoms with E-state index in [0.29, 0.717) is 35.6 Å². The van der Waals surface area contributed by atoms with Crippen LogP contribution in [0.5, 0.6) is 5.75 Å². The molecule has 5 heteroatoms. The molecule has 3 heterocycles. The Hall–Kier alpha value is -6.43. The van der Waals surface area contributed by atoms with Gasteiger partial charge in [0, 0.05) is 63.9 Å². The van der Waals surface area contributed by atoms with Crippen LogP contribution in [0.3, 0.4) is 0 Å². The van der Waals surface area contributed by atoms with E-state index < -0.39 is 0 Å². The average Bonchev–Trinajstić information content (AvgIpc) is 4.02. The maximum atomic E-state index is 7.04. The lowest BCUT2D eigenvalue weighted by Gasteiger charge is -2.41. The molecule has 11 unspecified atom stereocenters. The maximum absolute atomic E-state index is 7.04. The average molecular weight is 945 g/mol. The predicted octanol–water partition coefficient (Wildman–Crippen LogP) is 14.7. The molecule has 0 aromatic heterocycles. The molecule has 3 aromatic rings. The highest BCUT2D eigenvalue weighted by atomic mass is 16.5. The van der Waals surface area contributed by atoms with Crippen LogP contribution in [0, 0.1) is 35.5 Å². The number of nitrogens with zero attached hydrogens (tertiary/aromatic N) is 2. The highest BCUT2D eigenvalue weighted by molar-refractivity contribution is 5.94. The molecule has 0 radical (unpaired) electrons. The lowest BCUT2D eigenvalue weighted by molar-refractivity contribution is 0.231. The van der Waals surface area contributed by atoms with Gasteiger partial charge in [-0.3, -0.25) is 10.3 Å². The number of hydrogen-bond acceptors (Lipinski definition) is 5. The molecule has 0 amide bonds. The molecule has 1 saturated carbocycles. The molecule has 3 aliphatic heterocycles. The van der Waals surface area contributed by atoms with Gasteiger partial charge >= 0.3 is 0 Å². The summed E-state index contributed by atoms with van der Waals surface area (Å²) in [6, 6.07) is 23.0. The molecule has 8 aliphatic carbocycles. The van der Waals surface area contributed by atoms with Gasteiger partial charge in [-0.2, -0.15) is 0 Å². The standard InChI is InChI=1S/C67H68N4O/c1-3-14-43(15-4-1)45-26-32-49(33-27-45)65-68-66(50-34-28-46(29-35-50)44-16-5-2-6-17-44)70-67(69-65)51-36-30-47(31-37-51)53-22-13-25-62-63(53)59-42-58(54-18-7-8-21-57(54)64(59)72-62)48-38-40-52(41-39-48)71-60-23-11-9-19-55(60)56-20-10-12-24-61(56)71/h1-8,11,13-16,18,21-23,25-30,32,34,36,38,40-42,44,47-51,56,61-63,66-67,70H,9-10,12,17,19-20,24,31,33,35,37,39H2,(H,68,69)/t44?,47?,48-,49?,50?,51?,56?,61?,62?,63?,66?,67?/m1/s1. The van der Waals surface area contributed by atoms with E-state index in [4.69, 9.17) is 9.73 Å². The summed E-state index contributed by atoms with van der Waals surface area (Å²) in [6.07, 6.45) is 62.1. The molecule has 72 heavy (non-hydrogen) atoms. The van der Waals surface area contributed by atoms with Crippen molar-refractivity contribution in [1.82, 2.24) is 15.5 Å². The van der Waals surface area contributed by atoms with E-state index in [0.717, 1.165) is 56.0 Å². The fraction of sp³-hybridized carbons (Fsp3) is 0.358. The van der Waals surface area contributed by atoms with E-state index in [1.807, 2.05) is 0 Å². The van der Waals surface area contributed by atoms with Crippen molar-refractivity contribution in [2.75, 3.05) is 0 Å². The second-order valence-electron chi connectivity index (χ2n) is 22.4. The van der Waals surface area contributed by atoms with Crippen LogP contribution in [0.4, 0.5) is 0 Å². The van der Waals surface area contributed by atoms with Crippen molar-refractivity contribution in [3.05, 3.63) is 227 Å². The van der Waals surface area contributed by atoms with Gasteiger partial charge in [-0.15, -0.1) is 0 Å². The van der Waals surface area contributed by atoms with Gasteiger partial charge in [-0.25, -0.2) is 0 Å². The monoisotopic (exact) mass is 945 g/mol. The number of aliphatic imine (C=N–C) groups is 1. The molecule has 2 N–H and O–H groups in total. The van der Waals surface area contributed by atoms with Crippen LogP contribution in [0.1, 0.15) is 106 Å². The van der Waals surface area contributed by atoms with Crippen LogP contribution in [0.2, 0.25) is 0 Å². The topological polar surface area (TPSA) is 48.9 Å². The number of fused-ring (bicyclic) bond motifs is 7. The Labute approximate surface area is 427 Å². The van der Waals surface area contributed by atoms with E-state index in [9.17, 15) is 0 Å². The van der Waals surface area contributed by atoms with E-state index in [1.54, 1.807) is 5.57 Å². The smallest absolute Gasteiger partial charge is 0.132 e. The normalized spacial score (nSPS) is 34.1. The fourth-order valence-corrected chi connectivity index (χ4v) is 14.7. The van der Waals surface area contributed by atoms with Crippen LogP contribution in [-0.4, -0.2) is 35.2 Å². The van der Waals surface area contributed by atoms with Gasteiger partial charge in [0.05, 0.1) is 12.1 Å². The quantitative estimate of drug-likeness (QED) is 0.221.